The van der Waals surface area contributed by atoms with E-state index < -0.39 is 0 Å². The van der Waals surface area contributed by atoms with Gasteiger partial charge in [-0.25, -0.2) is 0 Å². The molecular weight excluding hydrogens is 172 g/mol. The molecule has 0 spiro atoms. The Labute approximate surface area is 76.2 Å². The largest absolute Gasteiger partial charge is 0.0924 e. The summed E-state index contributed by atoms with van der Waals surface area (Å²) in [5, 5.41) is 0. The second kappa shape index (κ2) is 4.07. The van der Waals surface area contributed by atoms with E-state index >= 15 is 0 Å². The number of hydrogen-bond donors (Lipinski definition) is 0. The normalized spacial score (nSPS) is 10.1. The van der Waals surface area contributed by atoms with Crippen LogP contribution in [0.25, 0.3) is 0 Å². The van der Waals surface area contributed by atoms with Crippen molar-refractivity contribution < 1.29 is 0 Å². The predicted octanol–water partition coefficient (Wildman–Crippen LogP) is 3.67. The highest BCUT2D eigenvalue weighted by Gasteiger charge is 1.96. The predicted molar refractivity (Wildman–Crippen MR) is 55.3 cm³/mol. The van der Waals surface area contributed by atoms with Crippen molar-refractivity contribution >= 4 is 21.6 Å². The maximum absolute atomic E-state index is 2.22. The zero-order valence-corrected chi connectivity index (χ0v) is 8.68. The van der Waals surface area contributed by atoms with Gasteiger partial charge in [0.1, 0.15) is 0 Å². The van der Waals surface area contributed by atoms with Gasteiger partial charge in [-0.3, -0.25) is 0 Å². The highest BCUT2D eigenvalue weighted by atomic mass is 33.1. The summed E-state index contributed by atoms with van der Waals surface area (Å²) in [6.45, 7) is 4.28. The van der Waals surface area contributed by atoms with Crippen molar-refractivity contribution in [2.24, 2.45) is 0 Å². The highest BCUT2D eigenvalue weighted by Crippen LogP contribution is 2.31. The molecule has 0 aliphatic rings. The lowest BCUT2D eigenvalue weighted by Crippen LogP contribution is -1.78. The van der Waals surface area contributed by atoms with Crippen LogP contribution in [0.1, 0.15) is 11.1 Å². The lowest BCUT2D eigenvalue weighted by molar-refractivity contribution is 1.27. The fourth-order valence-corrected chi connectivity index (χ4v) is 2.58. The van der Waals surface area contributed by atoms with Crippen LogP contribution in [-0.2, 0) is 0 Å². The Morgan fingerprint density at radius 2 is 1.91 bits per heavy atom. The molecule has 0 unspecified atom stereocenters. The Balaban J connectivity index is 2.90. The summed E-state index contributed by atoms with van der Waals surface area (Å²) >= 11 is 0. The summed E-state index contributed by atoms with van der Waals surface area (Å²) in [6.07, 6.45) is 2.10. The van der Waals surface area contributed by atoms with Gasteiger partial charge in [0.2, 0.25) is 0 Å². The first kappa shape index (κ1) is 9.01. The van der Waals surface area contributed by atoms with Gasteiger partial charge in [-0.05, 0) is 31.7 Å². The van der Waals surface area contributed by atoms with Crippen LogP contribution in [0.2, 0.25) is 0 Å². The second-order valence-corrected chi connectivity index (χ2v) is 4.96. The van der Waals surface area contributed by atoms with Crippen molar-refractivity contribution in [2.45, 2.75) is 18.7 Å². The van der Waals surface area contributed by atoms with E-state index in [9.17, 15) is 0 Å². The third kappa shape index (κ3) is 2.46. The molecule has 0 saturated carbocycles. The smallest absolute Gasteiger partial charge is 0.0212 e. The van der Waals surface area contributed by atoms with E-state index in [2.05, 4.69) is 38.3 Å². The van der Waals surface area contributed by atoms with Crippen molar-refractivity contribution in [1.29, 1.82) is 0 Å². The molecule has 0 atom stereocenters. The van der Waals surface area contributed by atoms with Crippen molar-refractivity contribution in [3.8, 4) is 0 Å². The van der Waals surface area contributed by atoms with Crippen molar-refractivity contribution in [1.82, 2.24) is 0 Å². The van der Waals surface area contributed by atoms with Gasteiger partial charge in [-0.15, -0.1) is 0 Å². The van der Waals surface area contributed by atoms with Gasteiger partial charge < -0.3 is 0 Å². The van der Waals surface area contributed by atoms with E-state index in [1.807, 2.05) is 10.8 Å². The first-order valence-electron chi connectivity index (χ1n) is 3.52. The molecule has 0 heterocycles. The van der Waals surface area contributed by atoms with E-state index in [1.165, 1.54) is 16.0 Å². The van der Waals surface area contributed by atoms with Gasteiger partial charge in [0.15, 0.2) is 0 Å². The zero-order valence-electron chi connectivity index (χ0n) is 7.05. The van der Waals surface area contributed by atoms with Crippen LogP contribution in [0.3, 0.4) is 0 Å². The maximum Gasteiger partial charge on any atom is 0.0212 e. The summed E-state index contributed by atoms with van der Waals surface area (Å²) in [7, 11) is 3.62. The van der Waals surface area contributed by atoms with E-state index in [-0.39, 0.29) is 0 Å². The maximum atomic E-state index is 2.22. The molecule has 1 aromatic rings. The van der Waals surface area contributed by atoms with Crippen LogP contribution in [0, 0.1) is 13.8 Å². The lowest BCUT2D eigenvalue weighted by atomic mass is 10.2. The molecule has 1 aromatic carbocycles. The molecule has 0 radical (unpaired) electrons. The van der Waals surface area contributed by atoms with Gasteiger partial charge >= 0.3 is 0 Å². The molecule has 60 valence electrons. The third-order valence-electron chi connectivity index (χ3n) is 1.50. The number of aryl methyl sites for hydroxylation is 2. The molecule has 0 aliphatic carbocycles. The molecule has 2 heteroatoms. The summed E-state index contributed by atoms with van der Waals surface area (Å²) in [5.74, 6) is 0. The Kier molecular flexibility index (Phi) is 3.34. The number of rotatable bonds is 2. The van der Waals surface area contributed by atoms with Gasteiger partial charge in [0, 0.05) is 4.90 Å². The van der Waals surface area contributed by atoms with Gasteiger partial charge in [-0.1, -0.05) is 39.3 Å². The molecule has 0 nitrogen and oxygen atoms in total. The molecule has 0 fully saturated rings. The Hall–Kier alpha value is -0.0800. The van der Waals surface area contributed by atoms with Crippen LogP contribution in [0.15, 0.2) is 23.1 Å². The fraction of sp³-hybridized carbons (Fsp3) is 0.333. The van der Waals surface area contributed by atoms with Crippen molar-refractivity contribution in [3.05, 3.63) is 29.3 Å². The minimum atomic E-state index is 1.34. The lowest BCUT2D eigenvalue weighted by Gasteiger charge is -2.02. The van der Waals surface area contributed by atoms with Crippen LogP contribution in [0.4, 0.5) is 0 Å². The van der Waals surface area contributed by atoms with Gasteiger partial charge in [-0.2, -0.15) is 0 Å². The zero-order chi connectivity index (χ0) is 8.27. The van der Waals surface area contributed by atoms with Crippen molar-refractivity contribution in [3.63, 3.8) is 0 Å². The Bertz CT molecular complexity index is 243. The molecule has 0 N–H and O–H groups in total. The van der Waals surface area contributed by atoms with E-state index in [0.717, 1.165) is 0 Å². The minimum absolute atomic E-state index is 1.34. The van der Waals surface area contributed by atoms with Crippen LogP contribution >= 0.6 is 21.6 Å². The molecule has 0 bridgehead atoms. The quantitative estimate of drug-likeness (QED) is 0.643. The third-order valence-corrected chi connectivity index (χ3v) is 3.35. The van der Waals surface area contributed by atoms with Crippen LogP contribution < -0.4 is 0 Å². The Morgan fingerprint density at radius 1 is 1.18 bits per heavy atom. The molecule has 0 saturated heterocycles. The Morgan fingerprint density at radius 3 is 2.45 bits per heavy atom. The molecule has 0 aliphatic heterocycles. The first-order chi connectivity index (χ1) is 5.24. The number of hydrogen-bond acceptors (Lipinski definition) is 2. The second-order valence-electron chi connectivity index (χ2n) is 2.52. The standard InChI is InChI=1S/C9H12S2/c1-7-4-5-9(11-10-3)8(2)6-7/h4-6H,1-3H3. The average molecular weight is 184 g/mol. The molecule has 0 aromatic heterocycles. The topological polar surface area (TPSA) is 0 Å². The molecule has 1 rings (SSSR count). The van der Waals surface area contributed by atoms with E-state index in [0.29, 0.717) is 0 Å². The fourth-order valence-electron chi connectivity index (χ4n) is 0.983. The van der Waals surface area contributed by atoms with Crippen LogP contribution in [-0.4, -0.2) is 6.26 Å². The van der Waals surface area contributed by atoms with Gasteiger partial charge in [0.05, 0.1) is 0 Å². The molecular formula is C9H12S2. The van der Waals surface area contributed by atoms with Gasteiger partial charge in [0.25, 0.3) is 0 Å². The summed E-state index contributed by atoms with van der Waals surface area (Å²) in [6, 6.07) is 6.57. The average Bonchev–Trinajstić information content (AvgIpc) is 1.95. The van der Waals surface area contributed by atoms with Crippen LogP contribution in [0.5, 0.6) is 0 Å². The highest BCUT2D eigenvalue weighted by molar-refractivity contribution is 8.76. The van der Waals surface area contributed by atoms with Crippen molar-refractivity contribution in [2.75, 3.05) is 6.26 Å². The summed E-state index contributed by atoms with van der Waals surface area (Å²) in [4.78, 5) is 1.38. The van der Waals surface area contributed by atoms with E-state index in [4.69, 9.17) is 0 Å². The number of benzene rings is 1. The molecule has 0 amide bonds. The summed E-state index contributed by atoms with van der Waals surface area (Å²) < 4.78 is 0. The molecule has 11 heavy (non-hydrogen) atoms. The van der Waals surface area contributed by atoms with E-state index in [1.54, 1.807) is 10.8 Å². The minimum Gasteiger partial charge on any atom is -0.0924 e. The first-order valence-corrected chi connectivity index (χ1v) is 6.08. The SMILES string of the molecule is CSSc1ccc(C)cc1C. The summed E-state index contributed by atoms with van der Waals surface area (Å²) in [5.41, 5.74) is 2.72. The monoisotopic (exact) mass is 184 g/mol.